The van der Waals surface area contributed by atoms with Crippen LogP contribution in [-0.2, 0) is 17.1 Å². The van der Waals surface area contributed by atoms with E-state index in [4.69, 9.17) is 0 Å². The fourth-order valence-corrected chi connectivity index (χ4v) is 5.37. The van der Waals surface area contributed by atoms with Gasteiger partial charge in [-0.15, -0.1) is 0 Å². The van der Waals surface area contributed by atoms with Gasteiger partial charge < -0.3 is 14.4 Å². The molecule has 2 aromatic heterocycles. The fraction of sp³-hybridized carbons (Fsp3) is 0.632. The van der Waals surface area contributed by atoms with Crippen LogP contribution < -0.4 is 9.80 Å². The number of hydrogen-bond acceptors (Lipinski definition) is 7. The average Bonchev–Trinajstić information content (AvgIpc) is 3.07. The van der Waals surface area contributed by atoms with Crippen LogP contribution in [0.25, 0.3) is 0 Å². The molecule has 0 saturated carbocycles. The molecule has 0 amide bonds. The van der Waals surface area contributed by atoms with Crippen molar-refractivity contribution in [2.45, 2.75) is 38.1 Å². The summed E-state index contributed by atoms with van der Waals surface area (Å²) in [6, 6.07) is 2.05. The maximum absolute atomic E-state index is 12.9. The van der Waals surface area contributed by atoms with E-state index in [2.05, 4.69) is 24.8 Å². The Kier molecular flexibility index (Phi) is 5.48. The summed E-state index contributed by atoms with van der Waals surface area (Å²) < 4.78 is 29.1. The monoisotopic (exact) mass is 419 g/mol. The number of aromatic nitrogens is 4. The lowest BCUT2D eigenvalue weighted by Crippen LogP contribution is -2.49. The number of piperidine rings is 1. The van der Waals surface area contributed by atoms with E-state index in [1.165, 1.54) is 23.6 Å². The second-order valence-corrected chi connectivity index (χ2v) is 9.69. The largest absolute Gasteiger partial charge is 0.356 e. The molecule has 158 valence electrons. The lowest BCUT2D eigenvalue weighted by Gasteiger charge is -2.35. The van der Waals surface area contributed by atoms with Crippen LogP contribution in [0.1, 0.15) is 30.9 Å². The summed E-state index contributed by atoms with van der Waals surface area (Å²) >= 11 is 0. The van der Waals surface area contributed by atoms with Gasteiger partial charge in [-0.3, -0.25) is 0 Å². The van der Waals surface area contributed by atoms with E-state index in [0.29, 0.717) is 32.0 Å². The lowest BCUT2D eigenvalue weighted by atomic mass is 10.1. The smallest absolute Gasteiger partial charge is 0.262 e. The van der Waals surface area contributed by atoms with Crippen LogP contribution in [0.5, 0.6) is 0 Å². The molecule has 2 aromatic rings. The number of hydrogen-bond donors (Lipinski definition) is 0. The first kappa shape index (κ1) is 20.1. The molecule has 2 saturated heterocycles. The van der Waals surface area contributed by atoms with Crippen molar-refractivity contribution < 1.29 is 8.42 Å². The van der Waals surface area contributed by atoms with Crippen molar-refractivity contribution in [3.05, 3.63) is 23.9 Å². The predicted molar refractivity (Wildman–Crippen MR) is 112 cm³/mol. The molecular formula is C19H29N7O2S. The third-order valence-electron chi connectivity index (χ3n) is 5.74. The van der Waals surface area contributed by atoms with E-state index in [1.54, 1.807) is 24.7 Å². The first-order valence-corrected chi connectivity index (χ1v) is 11.6. The lowest BCUT2D eigenvalue weighted by molar-refractivity contribution is 0.382. The van der Waals surface area contributed by atoms with Crippen molar-refractivity contribution in [3.63, 3.8) is 0 Å². The van der Waals surface area contributed by atoms with Crippen molar-refractivity contribution in [1.29, 1.82) is 0 Å². The summed E-state index contributed by atoms with van der Waals surface area (Å²) in [5.74, 6) is 3.29. The Balaban J connectivity index is 1.47. The molecule has 0 N–H and O–H groups in total. The van der Waals surface area contributed by atoms with Crippen molar-refractivity contribution in [2.24, 2.45) is 7.05 Å². The van der Waals surface area contributed by atoms with Crippen LogP contribution in [0.2, 0.25) is 0 Å². The van der Waals surface area contributed by atoms with Crippen LogP contribution >= 0.6 is 0 Å². The van der Waals surface area contributed by atoms with Crippen molar-refractivity contribution in [1.82, 2.24) is 23.8 Å². The minimum Gasteiger partial charge on any atom is -0.356 e. The minimum absolute atomic E-state index is 0.121. The predicted octanol–water partition coefficient (Wildman–Crippen LogP) is 1.33. The third kappa shape index (κ3) is 4.09. The summed E-state index contributed by atoms with van der Waals surface area (Å²) in [6.45, 7) is 7.81. The highest BCUT2D eigenvalue weighted by Gasteiger charge is 2.31. The zero-order chi connectivity index (χ0) is 20.6. The highest BCUT2D eigenvalue weighted by molar-refractivity contribution is 7.89. The fourth-order valence-electron chi connectivity index (χ4n) is 3.92. The topological polar surface area (TPSA) is 87.5 Å². The quantitative estimate of drug-likeness (QED) is 0.739. The third-order valence-corrected chi connectivity index (χ3v) is 7.51. The summed E-state index contributed by atoms with van der Waals surface area (Å²) in [7, 11) is -1.77. The Morgan fingerprint density at radius 1 is 0.828 bits per heavy atom. The van der Waals surface area contributed by atoms with Crippen LogP contribution in [0.4, 0.5) is 11.6 Å². The second kappa shape index (κ2) is 7.91. The summed E-state index contributed by atoms with van der Waals surface area (Å²) in [5.41, 5.74) is 0. The molecule has 4 rings (SSSR count). The second-order valence-electron chi connectivity index (χ2n) is 7.81. The van der Waals surface area contributed by atoms with Gasteiger partial charge in [0.05, 0.1) is 0 Å². The first-order chi connectivity index (χ1) is 13.8. The highest BCUT2D eigenvalue weighted by atomic mass is 32.2. The van der Waals surface area contributed by atoms with Crippen molar-refractivity contribution >= 4 is 21.7 Å². The molecule has 4 heterocycles. The van der Waals surface area contributed by atoms with Gasteiger partial charge in [-0.05, 0) is 33.1 Å². The normalized spacial score (nSPS) is 19.0. The van der Waals surface area contributed by atoms with E-state index < -0.39 is 10.0 Å². The van der Waals surface area contributed by atoms with Gasteiger partial charge in [-0.2, -0.15) is 4.31 Å². The average molecular weight is 420 g/mol. The van der Waals surface area contributed by atoms with Gasteiger partial charge in [0.2, 0.25) is 0 Å². The molecule has 2 aliphatic heterocycles. The van der Waals surface area contributed by atoms with E-state index >= 15 is 0 Å². The first-order valence-electron chi connectivity index (χ1n) is 10.2. The van der Waals surface area contributed by atoms with Crippen LogP contribution in [0, 0.1) is 13.8 Å². The number of anilines is 2. The Bertz CT molecular complexity index is 955. The van der Waals surface area contributed by atoms with Gasteiger partial charge in [0, 0.05) is 58.6 Å². The summed E-state index contributed by atoms with van der Waals surface area (Å²) in [6.07, 6.45) is 5.25. The maximum Gasteiger partial charge on any atom is 0.262 e. The molecule has 0 aromatic carbocycles. The molecule has 2 fully saturated rings. The Morgan fingerprint density at radius 3 is 1.97 bits per heavy atom. The molecule has 0 unspecified atom stereocenters. The number of sulfonamides is 1. The van der Waals surface area contributed by atoms with Crippen LogP contribution in [0.15, 0.2) is 17.3 Å². The molecule has 2 aliphatic rings. The van der Waals surface area contributed by atoms with Gasteiger partial charge in [0.1, 0.15) is 23.3 Å². The molecule has 29 heavy (non-hydrogen) atoms. The summed E-state index contributed by atoms with van der Waals surface area (Å²) in [4.78, 5) is 17.9. The number of aryl methyl sites for hydroxylation is 3. The number of piperazine rings is 1. The van der Waals surface area contributed by atoms with E-state index in [9.17, 15) is 8.42 Å². The van der Waals surface area contributed by atoms with Crippen molar-refractivity contribution in [2.75, 3.05) is 49.1 Å². The Labute approximate surface area is 172 Å². The van der Waals surface area contributed by atoms with E-state index in [-0.39, 0.29) is 5.03 Å². The van der Waals surface area contributed by atoms with Crippen LogP contribution in [-0.4, -0.2) is 71.5 Å². The molecular weight excluding hydrogens is 390 g/mol. The van der Waals surface area contributed by atoms with Gasteiger partial charge in [0.15, 0.2) is 5.03 Å². The zero-order valence-electron chi connectivity index (χ0n) is 17.4. The molecule has 0 radical (unpaired) electrons. The number of imidazole rings is 1. The molecule has 0 bridgehead atoms. The van der Waals surface area contributed by atoms with E-state index in [0.717, 1.165) is 30.5 Å². The van der Waals surface area contributed by atoms with Crippen LogP contribution in [0.3, 0.4) is 0 Å². The summed E-state index contributed by atoms with van der Waals surface area (Å²) in [5, 5.41) is 0.121. The molecule has 0 aliphatic carbocycles. The molecule has 0 atom stereocenters. The van der Waals surface area contributed by atoms with E-state index in [1.807, 2.05) is 13.0 Å². The molecule has 9 nitrogen and oxygen atoms in total. The van der Waals surface area contributed by atoms with Gasteiger partial charge in [-0.25, -0.2) is 23.4 Å². The Hall–Kier alpha value is -2.20. The molecule has 0 spiro atoms. The highest BCUT2D eigenvalue weighted by Crippen LogP contribution is 2.24. The van der Waals surface area contributed by atoms with Crippen molar-refractivity contribution in [3.8, 4) is 0 Å². The maximum atomic E-state index is 12.9. The zero-order valence-corrected chi connectivity index (χ0v) is 18.2. The number of rotatable bonds is 4. The minimum atomic E-state index is -3.57. The molecule has 10 heteroatoms. The Morgan fingerprint density at radius 2 is 1.41 bits per heavy atom. The van der Waals surface area contributed by atoms with Gasteiger partial charge in [0.25, 0.3) is 10.0 Å². The number of nitrogens with zero attached hydrogens (tertiary/aromatic N) is 7. The van der Waals surface area contributed by atoms with Gasteiger partial charge in [-0.1, -0.05) is 0 Å². The van der Waals surface area contributed by atoms with Gasteiger partial charge >= 0.3 is 0 Å². The standard InChI is InChI=1S/C19H29N7O2S/c1-15-20-17(24-7-5-4-6-8-24)13-18(21-15)25-9-11-26(12-10-25)29(27,28)19-14-23(3)16(2)22-19/h13-14H,4-12H2,1-3H3. The SMILES string of the molecule is Cc1nc(N2CCCCC2)cc(N2CCN(S(=O)(=O)c3cn(C)c(C)n3)CC2)n1.